The van der Waals surface area contributed by atoms with E-state index in [1.165, 1.54) is 12.6 Å². The first-order valence-corrected chi connectivity index (χ1v) is 4.43. The van der Waals surface area contributed by atoms with E-state index in [1.807, 2.05) is 6.92 Å². The van der Waals surface area contributed by atoms with Crippen molar-refractivity contribution in [3.8, 4) is 0 Å². The number of aromatic nitrogens is 1. The number of carbonyl (C=O) groups excluding carboxylic acids is 1. The third-order valence-corrected chi connectivity index (χ3v) is 1.76. The number of hydrogen-bond acceptors (Lipinski definition) is 3. The second kappa shape index (κ2) is 4.64. The van der Waals surface area contributed by atoms with Crippen LogP contribution in [0.2, 0.25) is 0 Å². The van der Waals surface area contributed by atoms with Gasteiger partial charge in [-0.1, -0.05) is 13.3 Å². The van der Waals surface area contributed by atoms with Crippen molar-refractivity contribution in [2.75, 3.05) is 0 Å². The van der Waals surface area contributed by atoms with Crippen LogP contribution in [0.3, 0.4) is 0 Å². The van der Waals surface area contributed by atoms with Crippen LogP contribution < -0.4 is 5.32 Å². The Kier molecular flexibility index (Phi) is 3.49. The molecule has 4 heteroatoms. The monoisotopic (exact) mass is 182 g/mol. The van der Waals surface area contributed by atoms with Gasteiger partial charge in [-0.3, -0.25) is 4.79 Å². The Bertz CT molecular complexity index is 257. The third kappa shape index (κ3) is 2.89. The van der Waals surface area contributed by atoms with Crippen LogP contribution in [0.4, 0.5) is 0 Å². The van der Waals surface area contributed by atoms with Gasteiger partial charge in [-0.25, -0.2) is 4.98 Å². The van der Waals surface area contributed by atoms with Gasteiger partial charge in [-0.2, -0.15) is 0 Å². The number of oxazole rings is 1. The van der Waals surface area contributed by atoms with Crippen molar-refractivity contribution < 1.29 is 9.21 Å². The van der Waals surface area contributed by atoms with Gasteiger partial charge in [0.05, 0.1) is 6.20 Å². The van der Waals surface area contributed by atoms with Gasteiger partial charge in [0.1, 0.15) is 0 Å². The Hall–Kier alpha value is -1.32. The zero-order valence-electron chi connectivity index (χ0n) is 7.91. The molecule has 0 aliphatic heterocycles. The highest BCUT2D eigenvalue weighted by Crippen LogP contribution is 1.99. The van der Waals surface area contributed by atoms with E-state index < -0.39 is 0 Å². The molecule has 0 aromatic carbocycles. The topological polar surface area (TPSA) is 55.1 Å². The lowest BCUT2D eigenvalue weighted by Gasteiger charge is -2.10. The van der Waals surface area contributed by atoms with E-state index in [1.54, 1.807) is 0 Å². The standard InChI is InChI=1S/C9H14N2O2/c1-3-4-7(2)11-9(12)8-5-10-6-13-8/h5-7H,3-4H2,1-2H3,(H,11,12)/t7-/m0/s1. The molecule has 0 radical (unpaired) electrons. The molecule has 0 saturated carbocycles. The largest absolute Gasteiger partial charge is 0.438 e. The first-order valence-electron chi connectivity index (χ1n) is 4.43. The van der Waals surface area contributed by atoms with Crippen LogP contribution >= 0.6 is 0 Å². The maximum absolute atomic E-state index is 11.3. The minimum atomic E-state index is -0.196. The molecule has 1 heterocycles. The summed E-state index contributed by atoms with van der Waals surface area (Å²) in [5.74, 6) is 0.0707. The number of amides is 1. The molecular weight excluding hydrogens is 168 g/mol. The molecule has 1 rings (SSSR count). The van der Waals surface area contributed by atoms with Gasteiger partial charge < -0.3 is 9.73 Å². The summed E-state index contributed by atoms with van der Waals surface area (Å²) in [6.45, 7) is 4.05. The van der Waals surface area contributed by atoms with Gasteiger partial charge in [-0.05, 0) is 13.3 Å². The normalized spacial score (nSPS) is 12.5. The molecule has 4 nitrogen and oxygen atoms in total. The zero-order chi connectivity index (χ0) is 9.68. The molecule has 0 bridgehead atoms. The van der Waals surface area contributed by atoms with Crippen molar-refractivity contribution in [3.05, 3.63) is 18.4 Å². The Morgan fingerprint density at radius 3 is 3.08 bits per heavy atom. The molecule has 1 amide bonds. The summed E-state index contributed by atoms with van der Waals surface area (Å²) in [7, 11) is 0. The molecule has 1 N–H and O–H groups in total. The van der Waals surface area contributed by atoms with Gasteiger partial charge in [0, 0.05) is 6.04 Å². The molecule has 13 heavy (non-hydrogen) atoms. The molecule has 72 valence electrons. The van der Waals surface area contributed by atoms with Crippen molar-refractivity contribution in [1.82, 2.24) is 10.3 Å². The number of carbonyl (C=O) groups is 1. The molecule has 1 aromatic heterocycles. The molecule has 1 atom stereocenters. The highest BCUT2D eigenvalue weighted by Gasteiger charge is 2.11. The maximum atomic E-state index is 11.3. The first-order chi connectivity index (χ1) is 6.24. The zero-order valence-corrected chi connectivity index (χ0v) is 7.91. The van der Waals surface area contributed by atoms with E-state index in [0.717, 1.165) is 12.8 Å². The van der Waals surface area contributed by atoms with Gasteiger partial charge in [-0.15, -0.1) is 0 Å². The van der Waals surface area contributed by atoms with Crippen molar-refractivity contribution in [1.29, 1.82) is 0 Å². The number of nitrogens with zero attached hydrogens (tertiary/aromatic N) is 1. The average molecular weight is 182 g/mol. The fourth-order valence-electron chi connectivity index (χ4n) is 1.13. The lowest BCUT2D eigenvalue weighted by Crippen LogP contribution is -2.32. The maximum Gasteiger partial charge on any atom is 0.288 e. The molecule has 0 aliphatic carbocycles. The number of nitrogens with one attached hydrogen (secondary N) is 1. The van der Waals surface area contributed by atoms with Gasteiger partial charge >= 0.3 is 0 Å². The van der Waals surface area contributed by atoms with Crippen LogP contribution in [-0.2, 0) is 0 Å². The van der Waals surface area contributed by atoms with E-state index in [2.05, 4.69) is 17.2 Å². The predicted octanol–water partition coefficient (Wildman–Crippen LogP) is 1.59. The Labute approximate surface area is 77.3 Å². The summed E-state index contributed by atoms with van der Waals surface area (Å²) in [6.07, 6.45) is 4.69. The molecule has 0 fully saturated rings. The van der Waals surface area contributed by atoms with Crippen LogP contribution in [0.15, 0.2) is 17.0 Å². The van der Waals surface area contributed by atoms with Crippen LogP contribution in [-0.4, -0.2) is 16.9 Å². The predicted molar refractivity (Wildman–Crippen MR) is 48.3 cm³/mol. The minimum Gasteiger partial charge on any atom is -0.438 e. The third-order valence-electron chi connectivity index (χ3n) is 1.76. The highest BCUT2D eigenvalue weighted by molar-refractivity contribution is 5.91. The van der Waals surface area contributed by atoms with Gasteiger partial charge in [0.2, 0.25) is 5.76 Å². The summed E-state index contributed by atoms with van der Waals surface area (Å²) in [5, 5.41) is 2.81. The number of rotatable bonds is 4. The fourth-order valence-corrected chi connectivity index (χ4v) is 1.13. The fraction of sp³-hybridized carbons (Fsp3) is 0.556. The second-order valence-electron chi connectivity index (χ2n) is 3.03. The Morgan fingerprint density at radius 2 is 2.54 bits per heavy atom. The smallest absolute Gasteiger partial charge is 0.288 e. The summed E-state index contributed by atoms with van der Waals surface area (Å²) in [4.78, 5) is 15.0. The average Bonchev–Trinajstić information content (AvgIpc) is 2.55. The van der Waals surface area contributed by atoms with E-state index in [0.29, 0.717) is 0 Å². The molecule has 0 saturated heterocycles. The lowest BCUT2D eigenvalue weighted by atomic mass is 10.2. The summed E-state index contributed by atoms with van der Waals surface area (Å²) in [5.41, 5.74) is 0. The van der Waals surface area contributed by atoms with Gasteiger partial charge in [0.25, 0.3) is 5.91 Å². The number of hydrogen-bond donors (Lipinski definition) is 1. The molecule has 0 aliphatic rings. The van der Waals surface area contributed by atoms with Crippen molar-refractivity contribution >= 4 is 5.91 Å². The Morgan fingerprint density at radius 1 is 1.77 bits per heavy atom. The van der Waals surface area contributed by atoms with Gasteiger partial charge in [0.15, 0.2) is 6.39 Å². The van der Waals surface area contributed by atoms with Crippen LogP contribution in [0.25, 0.3) is 0 Å². The summed E-state index contributed by atoms with van der Waals surface area (Å²) >= 11 is 0. The van der Waals surface area contributed by atoms with Crippen molar-refractivity contribution in [3.63, 3.8) is 0 Å². The van der Waals surface area contributed by atoms with E-state index >= 15 is 0 Å². The van der Waals surface area contributed by atoms with E-state index in [9.17, 15) is 4.79 Å². The second-order valence-corrected chi connectivity index (χ2v) is 3.03. The highest BCUT2D eigenvalue weighted by atomic mass is 16.3. The van der Waals surface area contributed by atoms with Crippen LogP contribution in [0, 0.1) is 0 Å². The molecule has 0 unspecified atom stereocenters. The summed E-state index contributed by atoms with van der Waals surface area (Å²) in [6, 6.07) is 0.183. The lowest BCUT2D eigenvalue weighted by molar-refractivity contribution is 0.0910. The van der Waals surface area contributed by atoms with E-state index in [4.69, 9.17) is 4.42 Å². The molecule has 1 aromatic rings. The van der Waals surface area contributed by atoms with Crippen LogP contribution in [0.1, 0.15) is 37.2 Å². The SMILES string of the molecule is CCC[C@H](C)NC(=O)c1cnco1. The van der Waals surface area contributed by atoms with Crippen molar-refractivity contribution in [2.45, 2.75) is 32.7 Å². The summed E-state index contributed by atoms with van der Waals surface area (Å²) < 4.78 is 4.85. The quantitative estimate of drug-likeness (QED) is 0.769. The molecular formula is C9H14N2O2. The molecule has 0 spiro atoms. The Balaban J connectivity index is 2.42. The van der Waals surface area contributed by atoms with E-state index in [-0.39, 0.29) is 17.7 Å². The first kappa shape index (κ1) is 9.77. The van der Waals surface area contributed by atoms with Crippen molar-refractivity contribution in [2.24, 2.45) is 0 Å². The minimum absolute atomic E-state index is 0.183. The van der Waals surface area contributed by atoms with Crippen LogP contribution in [0.5, 0.6) is 0 Å².